The fraction of sp³-hybridized carbons (Fsp3) is 0.176. The zero-order valence-corrected chi connectivity index (χ0v) is 14.6. The summed E-state index contributed by atoms with van der Waals surface area (Å²) in [4.78, 5) is 16.5. The predicted octanol–water partition coefficient (Wildman–Crippen LogP) is 3.39. The molecule has 0 spiro atoms. The molecule has 8 heteroatoms. The molecular formula is C17H17N5O2S. The number of aryl methyl sites for hydroxylation is 1. The molecule has 3 rings (SSSR count). The lowest BCUT2D eigenvalue weighted by Gasteiger charge is -2.07. The lowest BCUT2D eigenvalue weighted by molar-refractivity contribution is -0.115. The van der Waals surface area contributed by atoms with Crippen LogP contribution in [0.4, 0.5) is 5.82 Å². The summed E-state index contributed by atoms with van der Waals surface area (Å²) in [5.41, 5.74) is 1.07. The Morgan fingerprint density at radius 2 is 2.12 bits per heavy atom. The van der Waals surface area contributed by atoms with Gasteiger partial charge in [-0.2, -0.15) is 0 Å². The number of carbonyl (C=O) groups is 1. The molecule has 0 aliphatic rings. The Morgan fingerprint density at radius 1 is 1.32 bits per heavy atom. The van der Waals surface area contributed by atoms with Crippen molar-refractivity contribution in [2.24, 2.45) is 0 Å². The van der Waals surface area contributed by atoms with E-state index in [9.17, 15) is 4.79 Å². The quantitative estimate of drug-likeness (QED) is 0.658. The van der Waals surface area contributed by atoms with Crippen molar-refractivity contribution in [3.05, 3.63) is 53.5 Å². The van der Waals surface area contributed by atoms with Crippen molar-refractivity contribution in [3.8, 4) is 0 Å². The van der Waals surface area contributed by atoms with Crippen LogP contribution in [-0.2, 0) is 4.79 Å². The number of nitrogens with zero attached hydrogens (tertiary/aromatic N) is 3. The molecule has 1 unspecified atom stereocenters. The predicted molar refractivity (Wildman–Crippen MR) is 96.9 cm³/mol. The summed E-state index contributed by atoms with van der Waals surface area (Å²) in [7, 11) is 0. The number of hydrogen-bond donors (Lipinski definition) is 2. The van der Waals surface area contributed by atoms with Crippen molar-refractivity contribution >= 4 is 35.6 Å². The average molecular weight is 355 g/mol. The molecule has 0 aliphatic carbocycles. The van der Waals surface area contributed by atoms with Gasteiger partial charge in [0.05, 0.1) is 5.25 Å². The number of H-pyrrole nitrogens is 1. The van der Waals surface area contributed by atoms with Gasteiger partial charge in [0.25, 0.3) is 0 Å². The molecule has 2 aromatic heterocycles. The third kappa shape index (κ3) is 4.80. The van der Waals surface area contributed by atoms with Crippen LogP contribution >= 0.6 is 11.8 Å². The number of aromatic amines is 1. The van der Waals surface area contributed by atoms with Crippen LogP contribution in [0.3, 0.4) is 0 Å². The number of amides is 1. The average Bonchev–Trinajstić information content (AvgIpc) is 3.23. The maximum atomic E-state index is 12.2. The number of aromatic nitrogens is 4. The normalized spacial score (nSPS) is 12.4. The Hall–Kier alpha value is -2.87. The summed E-state index contributed by atoms with van der Waals surface area (Å²) in [6, 6.07) is 11.6. The van der Waals surface area contributed by atoms with Crippen LogP contribution in [0.1, 0.15) is 24.1 Å². The second-order valence-electron chi connectivity index (χ2n) is 5.32. The summed E-state index contributed by atoms with van der Waals surface area (Å²) < 4.78 is 4.92. The fourth-order valence-electron chi connectivity index (χ4n) is 1.99. The number of rotatable bonds is 6. The highest BCUT2D eigenvalue weighted by atomic mass is 32.2. The van der Waals surface area contributed by atoms with E-state index >= 15 is 0 Å². The van der Waals surface area contributed by atoms with E-state index in [1.807, 2.05) is 42.5 Å². The van der Waals surface area contributed by atoms with Crippen LogP contribution in [0.15, 0.2) is 46.1 Å². The van der Waals surface area contributed by atoms with Gasteiger partial charge in [-0.05, 0) is 25.5 Å². The maximum Gasteiger partial charge on any atom is 0.238 e. The molecule has 0 fully saturated rings. The van der Waals surface area contributed by atoms with E-state index in [4.69, 9.17) is 4.52 Å². The smallest absolute Gasteiger partial charge is 0.238 e. The Balaban J connectivity index is 1.57. The van der Waals surface area contributed by atoms with E-state index in [2.05, 4.69) is 25.7 Å². The van der Waals surface area contributed by atoms with Crippen LogP contribution in [0.5, 0.6) is 0 Å². The standard InChI is InChI=1S/C17H17N5O2S/c1-11-10-15(22-24-11)18-16(23)12(2)25-17-19-14(20-21-17)9-8-13-6-4-3-5-7-13/h3-10,12H,1-2H3,(H,18,22,23)(H,19,20,21)/b9-8+. The first-order valence-corrected chi connectivity index (χ1v) is 8.54. The fourth-order valence-corrected chi connectivity index (χ4v) is 2.72. The van der Waals surface area contributed by atoms with Gasteiger partial charge < -0.3 is 9.84 Å². The van der Waals surface area contributed by atoms with E-state index in [1.165, 1.54) is 11.8 Å². The minimum Gasteiger partial charge on any atom is -0.360 e. The highest BCUT2D eigenvalue weighted by Crippen LogP contribution is 2.21. The van der Waals surface area contributed by atoms with Gasteiger partial charge >= 0.3 is 0 Å². The molecule has 128 valence electrons. The van der Waals surface area contributed by atoms with Gasteiger partial charge in [-0.3, -0.25) is 9.89 Å². The largest absolute Gasteiger partial charge is 0.360 e. The molecule has 0 saturated heterocycles. The van der Waals surface area contributed by atoms with Gasteiger partial charge in [0, 0.05) is 6.07 Å². The monoisotopic (exact) mass is 355 g/mol. The summed E-state index contributed by atoms with van der Waals surface area (Å²) in [5.74, 6) is 1.48. The van der Waals surface area contributed by atoms with Crippen molar-refractivity contribution in [1.82, 2.24) is 20.3 Å². The maximum absolute atomic E-state index is 12.2. The number of anilines is 1. The van der Waals surface area contributed by atoms with Crippen molar-refractivity contribution in [1.29, 1.82) is 0 Å². The number of benzene rings is 1. The molecule has 0 radical (unpaired) electrons. The molecule has 2 N–H and O–H groups in total. The minimum absolute atomic E-state index is 0.190. The molecule has 0 bridgehead atoms. The van der Waals surface area contributed by atoms with Gasteiger partial charge in [-0.15, -0.1) is 5.10 Å². The van der Waals surface area contributed by atoms with E-state index in [0.29, 0.717) is 22.6 Å². The summed E-state index contributed by atoms with van der Waals surface area (Å²) >= 11 is 1.26. The SMILES string of the molecule is Cc1cc(NC(=O)C(C)Sc2n[nH]c(/C=C/c3ccccc3)n2)no1. The molecule has 0 saturated carbocycles. The molecule has 2 heterocycles. The van der Waals surface area contributed by atoms with Gasteiger partial charge in [0.15, 0.2) is 5.82 Å². The summed E-state index contributed by atoms with van der Waals surface area (Å²) in [5, 5.41) is 13.5. The summed E-state index contributed by atoms with van der Waals surface area (Å²) in [6.45, 7) is 3.54. The molecule has 7 nitrogen and oxygen atoms in total. The first-order chi connectivity index (χ1) is 12.1. The van der Waals surface area contributed by atoms with Crippen molar-refractivity contribution in [3.63, 3.8) is 0 Å². The minimum atomic E-state index is -0.376. The summed E-state index contributed by atoms with van der Waals surface area (Å²) in [6.07, 6.45) is 3.79. The molecule has 3 aromatic rings. The van der Waals surface area contributed by atoms with Crippen LogP contribution in [0.25, 0.3) is 12.2 Å². The number of thioether (sulfide) groups is 1. The first-order valence-electron chi connectivity index (χ1n) is 7.66. The third-order valence-electron chi connectivity index (χ3n) is 3.25. The van der Waals surface area contributed by atoms with Crippen LogP contribution in [0.2, 0.25) is 0 Å². The molecule has 1 aromatic carbocycles. The molecule has 1 amide bonds. The Labute approximate surface area is 148 Å². The lowest BCUT2D eigenvalue weighted by atomic mass is 10.2. The van der Waals surface area contributed by atoms with Crippen molar-refractivity contribution in [2.75, 3.05) is 5.32 Å². The number of carbonyl (C=O) groups excluding carboxylic acids is 1. The molecule has 0 aliphatic heterocycles. The van der Waals surface area contributed by atoms with E-state index in [-0.39, 0.29) is 11.2 Å². The van der Waals surface area contributed by atoms with E-state index < -0.39 is 0 Å². The third-order valence-corrected chi connectivity index (χ3v) is 4.21. The molecule has 1 atom stereocenters. The Bertz CT molecular complexity index is 872. The highest BCUT2D eigenvalue weighted by Gasteiger charge is 2.18. The zero-order chi connectivity index (χ0) is 17.6. The van der Waals surface area contributed by atoms with Gasteiger partial charge in [-0.1, -0.05) is 53.3 Å². The van der Waals surface area contributed by atoms with Crippen LogP contribution < -0.4 is 5.32 Å². The second kappa shape index (κ2) is 7.80. The van der Waals surface area contributed by atoms with E-state index in [0.717, 1.165) is 5.56 Å². The Morgan fingerprint density at radius 3 is 2.84 bits per heavy atom. The van der Waals surface area contributed by atoms with Gasteiger partial charge in [0.1, 0.15) is 11.6 Å². The highest BCUT2D eigenvalue weighted by molar-refractivity contribution is 8.00. The van der Waals surface area contributed by atoms with Crippen LogP contribution in [-0.4, -0.2) is 31.5 Å². The molecular weight excluding hydrogens is 338 g/mol. The van der Waals surface area contributed by atoms with Gasteiger partial charge in [0.2, 0.25) is 11.1 Å². The lowest BCUT2D eigenvalue weighted by Crippen LogP contribution is -2.22. The van der Waals surface area contributed by atoms with Crippen molar-refractivity contribution in [2.45, 2.75) is 24.3 Å². The van der Waals surface area contributed by atoms with E-state index in [1.54, 1.807) is 19.9 Å². The van der Waals surface area contributed by atoms with Crippen molar-refractivity contribution < 1.29 is 9.32 Å². The second-order valence-corrected chi connectivity index (χ2v) is 6.63. The molecule has 25 heavy (non-hydrogen) atoms. The topological polar surface area (TPSA) is 96.7 Å². The van der Waals surface area contributed by atoms with Crippen LogP contribution in [0, 0.1) is 6.92 Å². The first kappa shape index (κ1) is 17.0. The number of nitrogens with one attached hydrogen (secondary N) is 2. The van der Waals surface area contributed by atoms with Gasteiger partial charge in [-0.25, -0.2) is 4.98 Å². The Kier molecular flexibility index (Phi) is 5.30. The number of hydrogen-bond acceptors (Lipinski definition) is 6. The zero-order valence-electron chi connectivity index (χ0n) is 13.8.